The molecule has 0 bridgehead atoms. The van der Waals surface area contributed by atoms with E-state index in [-0.39, 0.29) is 12.4 Å². The fourth-order valence-electron chi connectivity index (χ4n) is 1.66. The van der Waals surface area contributed by atoms with Crippen LogP contribution in [0.1, 0.15) is 45.4 Å². The standard InChI is InChI=1S/C13H22N.4ClH.Fe/c1-2-3-4-5-6-8-11-14-12-9-7-10-13-14;;;;;/h7,9-10,12-13H,2-6,8,11H2,1H3;4*1H;/q+1;;;;;+3/p-4. The summed E-state index contributed by atoms with van der Waals surface area (Å²) < 4.78 is 2.26. The molecule has 0 spiro atoms. The summed E-state index contributed by atoms with van der Waals surface area (Å²) in [7, 11) is 14.7. The SMILES string of the molecule is CCCCCCCC[n+]1ccccc1.[Cl-].[Cl][Fe]([Cl])[Cl]. The quantitative estimate of drug-likeness (QED) is 0.383. The van der Waals surface area contributed by atoms with Crippen LogP contribution >= 0.6 is 30.3 Å². The number of unbranched alkanes of at least 4 members (excludes halogenated alkanes) is 5. The van der Waals surface area contributed by atoms with Gasteiger partial charge in [-0.15, -0.1) is 0 Å². The molecular weight excluding hydrogens is 368 g/mol. The van der Waals surface area contributed by atoms with Gasteiger partial charge in [-0.2, -0.15) is 0 Å². The number of hydrogen-bond donors (Lipinski definition) is 0. The van der Waals surface area contributed by atoms with E-state index in [1.807, 2.05) is 0 Å². The minimum absolute atomic E-state index is 0. The predicted molar refractivity (Wildman–Crippen MR) is 77.6 cm³/mol. The maximum absolute atomic E-state index is 4.89. The maximum atomic E-state index is 4.89. The number of hydrogen-bond acceptors (Lipinski definition) is 0. The van der Waals surface area contributed by atoms with Gasteiger partial charge >= 0.3 is 41.5 Å². The summed E-state index contributed by atoms with van der Waals surface area (Å²) in [4.78, 5) is 0. The Morgan fingerprint density at radius 2 is 1.32 bits per heavy atom. The molecule has 0 saturated heterocycles. The Morgan fingerprint density at radius 3 is 1.84 bits per heavy atom. The van der Waals surface area contributed by atoms with Gasteiger partial charge in [0.05, 0.1) is 0 Å². The van der Waals surface area contributed by atoms with Gasteiger partial charge in [-0.1, -0.05) is 38.7 Å². The molecule has 0 atom stereocenters. The van der Waals surface area contributed by atoms with Gasteiger partial charge in [0.2, 0.25) is 0 Å². The Hall–Kier alpha value is 0.829. The van der Waals surface area contributed by atoms with E-state index in [9.17, 15) is 0 Å². The summed E-state index contributed by atoms with van der Waals surface area (Å²) in [5.74, 6) is 0. The molecule has 6 heteroatoms. The molecule has 115 valence electrons. The van der Waals surface area contributed by atoms with Crippen LogP contribution in [0.4, 0.5) is 0 Å². The van der Waals surface area contributed by atoms with E-state index >= 15 is 0 Å². The molecule has 19 heavy (non-hydrogen) atoms. The summed E-state index contributed by atoms with van der Waals surface area (Å²) in [6.07, 6.45) is 12.5. The van der Waals surface area contributed by atoms with E-state index in [4.69, 9.17) is 30.3 Å². The topological polar surface area (TPSA) is 3.88 Å². The van der Waals surface area contributed by atoms with Crippen molar-refractivity contribution in [3.05, 3.63) is 30.6 Å². The molecule has 0 fully saturated rings. The zero-order valence-electron chi connectivity index (χ0n) is 11.1. The molecule has 0 N–H and O–H groups in total. The fourth-order valence-corrected chi connectivity index (χ4v) is 1.66. The third kappa shape index (κ3) is 18.8. The van der Waals surface area contributed by atoms with Crippen LogP contribution in [0.25, 0.3) is 0 Å². The summed E-state index contributed by atoms with van der Waals surface area (Å²) in [6.45, 7) is 3.44. The zero-order valence-corrected chi connectivity index (χ0v) is 15.3. The Labute approximate surface area is 140 Å². The second kappa shape index (κ2) is 16.9. The van der Waals surface area contributed by atoms with E-state index in [0.717, 1.165) is 0 Å². The number of nitrogens with zero attached hydrogens (tertiary/aromatic N) is 1. The van der Waals surface area contributed by atoms with Gasteiger partial charge in [-0.05, 0) is 6.42 Å². The van der Waals surface area contributed by atoms with Crippen molar-refractivity contribution < 1.29 is 28.1 Å². The van der Waals surface area contributed by atoms with E-state index < -0.39 is 11.2 Å². The summed E-state index contributed by atoms with van der Waals surface area (Å²) in [6, 6.07) is 6.26. The van der Waals surface area contributed by atoms with Crippen LogP contribution in [-0.2, 0) is 17.7 Å². The number of aromatic nitrogens is 1. The average molecular weight is 390 g/mol. The predicted octanol–water partition coefficient (Wildman–Crippen LogP) is 2.40. The second-order valence-corrected chi connectivity index (χ2v) is 9.50. The van der Waals surface area contributed by atoms with Crippen molar-refractivity contribution in [3.8, 4) is 0 Å². The normalized spacial score (nSPS) is 10.0. The molecule has 0 aliphatic rings. The van der Waals surface area contributed by atoms with Crippen molar-refractivity contribution in [1.82, 2.24) is 0 Å². The van der Waals surface area contributed by atoms with Crippen molar-refractivity contribution in [2.45, 2.75) is 52.0 Å². The van der Waals surface area contributed by atoms with Crippen LogP contribution in [0.3, 0.4) is 0 Å². The molecule has 0 radical (unpaired) electrons. The molecule has 0 aliphatic heterocycles. The van der Waals surface area contributed by atoms with Crippen molar-refractivity contribution in [3.63, 3.8) is 0 Å². The molecule has 0 amide bonds. The van der Waals surface area contributed by atoms with Gasteiger partial charge in [0.1, 0.15) is 6.54 Å². The number of aryl methyl sites for hydroxylation is 1. The molecule has 0 aromatic carbocycles. The van der Waals surface area contributed by atoms with Crippen LogP contribution < -0.4 is 17.0 Å². The Balaban J connectivity index is 0. The molecule has 0 aliphatic carbocycles. The molecule has 0 unspecified atom stereocenters. The third-order valence-electron chi connectivity index (χ3n) is 2.55. The van der Waals surface area contributed by atoms with E-state index in [2.05, 4.69) is 42.1 Å². The third-order valence-corrected chi connectivity index (χ3v) is 2.55. The van der Waals surface area contributed by atoms with Gasteiger partial charge in [0.15, 0.2) is 12.4 Å². The molecule has 1 rings (SSSR count). The fraction of sp³-hybridized carbons (Fsp3) is 0.615. The van der Waals surface area contributed by atoms with E-state index in [1.165, 1.54) is 45.1 Å². The first-order valence-electron chi connectivity index (χ1n) is 6.27. The monoisotopic (exact) mass is 388 g/mol. The minimum atomic E-state index is -1.33. The Kier molecular flexibility index (Phi) is 19.7. The van der Waals surface area contributed by atoms with Crippen LogP contribution in [0, 0.1) is 0 Å². The first-order valence-corrected chi connectivity index (χ1v) is 10.8. The van der Waals surface area contributed by atoms with Crippen LogP contribution in [-0.4, -0.2) is 0 Å². The zero-order chi connectivity index (χ0) is 13.6. The van der Waals surface area contributed by atoms with Crippen LogP contribution in [0.5, 0.6) is 0 Å². The van der Waals surface area contributed by atoms with Gasteiger partial charge in [0.25, 0.3) is 0 Å². The van der Waals surface area contributed by atoms with Crippen molar-refractivity contribution in [2.75, 3.05) is 0 Å². The summed E-state index contributed by atoms with van der Waals surface area (Å²) in [5.41, 5.74) is 0. The number of rotatable bonds is 7. The average Bonchev–Trinajstić information content (AvgIpc) is 2.34. The first-order chi connectivity index (χ1) is 8.66. The van der Waals surface area contributed by atoms with Crippen molar-refractivity contribution in [1.29, 1.82) is 0 Å². The van der Waals surface area contributed by atoms with Gasteiger partial charge < -0.3 is 12.4 Å². The summed E-state index contributed by atoms with van der Waals surface area (Å²) >= 11 is -1.33. The van der Waals surface area contributed by atoms with Gasteiger partial charge in [0, 0.05) is 18.6 Å². The Bertz CT molecular complexity index is 270. The molecular formula is C13H22Cl4FeN. The molecule has 1 nitrogen and oxygen atoms in total. The van der Waals surface area contributed by atoms with Gasteiger partial charge in [-0.3, -0.25) is 0 Å². The number of pyridine rings is 1. The molecule has 1 heterocycles. The van der Waals surface area contributed by atoms with E-state index in [1.54, 1.807) is 0 Å². The molecule has 1 aromatic rings. The van der Waals surface area contributed by atoms with Crippen LogP contribution in [0.2, 0.25) is 0 Å². The van der Waals surface area contributed by atoms with Crippen molar-refractivity contribution in [2.24, 2.45) is 0 Å². The van der Waals surface area contributed by atoms with Gasteiger partial charge in [-0.25, -0.2) is 4.57 Å². The summed E-state index contributed by atoms with van der Waals surface area (Å²) in [5, 5.41) is 0. The van der Waals surface area contributed by atoms with Crippen molar-refractivity contribution >= 4 is 30.3 Å². The van der Waals surface area contributed by atoms with E-state index in [0.29, 0.717) is 0 Å². The second-order valence-electron chi connectivity index (χ2n) is 4.03. The first kappa shape index (κ1) is 22.1. The van der Waals surface area contributed by atoms with Crippen LogP contribution in [0.15, 0.2) is 30.6 Å². The molecule has 1 aromatic heterocycles. The molecule has 0 saturated carbocycles. The number of halogens is 4. The Morgan fingerprint density at radius 1 is 0.842 bits per heavy atom.